The van der Waals surface area contributed by atoms with Crippen molar-refractivity contribution < 1.29 is 4.21 Å². The summed E-state index contributed by atoms with van der Waals surface area (Å²) in [5.74, 6) is 0.297. The molecular weight excluding hydrogens is 291 g/mol. The molecule has 1 aromatic carbocycles. The predicted octanol–water partition coefficient (Wildman–Crippen LogP) is 3.28. The fourth-order valence-electron chi connectivity index (χ4n) is 1.44. The van der Waals surface area contributed by atoms with E-state index in [1.54, 1.807) is 30.5 Å². The molecule has 0 spiro atoms. The molecule has 2 aromatic rings. The van der Waals surface area contributed by atoms with Gasteiger partial charge in [0.25, 0.3) is 0 Å². The van der Waals surface area contributed by atoms with Crippen LogP contribution in [0.3, 0.4) is 0 Å². The second kappa shape index (κ2) is 5.69. The number of benzene rings is 1. The van der Waals surface area contributed by atoms with Gasteiger partial charge in [-0.15, -0.1) is 0 Å². The summed E-state index contributed by atoms with van der Waals surface area (Å²) in [6, 6.07) is 6.67. The van der Waals surface area contributed by atoms with Crippen molar-refractivity contribution in [2.45, 2.75) is 10.6 Å². The molecule has 3 nitrogen and oxygen atoms in total. The summed E-state index contributed by atoms with van der Waals surface area (Å²) in [5.41, 5.74) is 6.91. The summed E-state index contributed by atoms with van der Waals surface area (Å²) in [6.45, 7) is 0. The molecule has 2 N–H and O–H groups in total. The maximum atomic E-state index is 12.2. The molecule has 2 rings (SSSR count). The van der Waals surface area contributed by atoms with Gasteiger partial charge in [-0.05, 0) is 29.8 Å². The summed E-state index contributed by atoms with van der Waals surface area (Å²) in [4.78, 5) is 4.44. The lowest BCUT2D eigenvalue weighted by atomic mass is 10.3. The van der Waals surface area contributed by atoms with E-state index in [1.165, 1.54) is 6.20 Å². The van der Waals surface area contributed by atoms with Crippen LogP contribution in [0.15, 0.2) is 41.6 Å². The van der Waals surface area contributed by atoms with Crippen LogP contribution in [0.5, 0.6) is 0 Å². The van der Waals surface area contributed by atoms with Crippen LogP contribution in [0, 0.1) is 0 Å². The lowest BCUT2D eigenvalue weighted by Gasteiger charge is -2.06. The number of hydrogen-bond donors (Lipinski definition) is 1. The molecule has 1 aromatic heterocycles. The topological polar surface area (TPSA) is 56.0 Å². The van der Waals surface area contributed by atoms with E-state index in [4.69, 9.17) is 28.9 Å². The molecule has 94 valence electrons. The molecule has 0 aliphatic rings. The van der Waals surface area contributed by atoms with Crippen molar-refractivity contribution >= 4 is 39.7 Å². The zero-order chi connectivity index (χ0) is 13.1. The Morgan fingerprint density at radius 3 is 2.67 bits per heavy atom. The molecule has 1 heterocycles. The maximum absolute atomic E-state index is 12.2. The summed E-state index contributed by atoms with van der Waals surface area (Å²) >= 11 is 12.0. The third-order valence-corrected chi connectivity index (χ3v) is 4.53. The normalized spacial score (nSPS) is 12.3. The first-order valence-electron chi connectivity index (χ1n) is 5.09. The zero-order valence-electron chi connectivity index (χ0n) is 9.27. The van der Waals surface area contributed by atoms with Gasteiger partial charge in [-0.25, -0.2) is 0 Å². The van der Waals surface area contributed by atoms with Gasteiger partial charge >= 0.3 is 0 Å². The molecule has 0 aliphatic carbocycles. The Labute approximate surface area is 117 Å². The molecule has 0 aliphatic heterocycles. The fourth-order valence-corrected chi connectivity index (χ4v) is 3.34. The Kier molecular flexibility index (Phi) is 4.22. The Balaban J connectivity index is 2.25. The number of nitrogen functional groups attached to an aromatic ring is 1. The third kappa shape index (κ3) is 3.02. The Bertz CT molecular complexity index is 604. The Morgan fingerprint density at radius 2 is 2.00 bits per heavy atom. The number of halogens is 2. The van der Waals surface area contributed by atoms with Crippen molar-refractivity contribution in [3.63, 3.8) is 0 Å². The van der Waals surface area contributed by atoms with Gasteiger partial charge in [0.15, 0.2) is 0 Å². The van der Waals surface area contributed by atoms with Crippen LogP contribution in [0.1, 0.15) is 5.56 Å². The van der Waals surface area contributed by atoms with Gasteiger partial charge in [-0.1, -0.05) is 23.2 Å². The van der Waals surface area contributed by atoms with Crippen LogP contribution < -0.4 is 5.73 Å². The van der Waals surface area contributed by atoms with Crippen LogP contribution in [-0.4, -0.2) is 9.19 Å². The van der Waals surface area contributed by atoms with Crippen molar-refractivity contribution in [3.8, 4) is 0 Å². The smallest absolute Gasteiger partial charge is 0.0630 e. The minimum absolute atomic E-state index is 0.297. The van der Waals surface area contributed by atoms with E-state index in [0.717, 1.165) is 5.56 Å². The van der Waals surface area contributed by atoms with Crippen LogP contribution in [0.4, 0.5) is 5.69 Å². The van der Waals surface area contributed by atoms with E-state index in [2.05, 4.69) is 4.98 Å². The molecule has 6 heteroatoms. The SMILES string of the molecule is Nc1ccc(S(=O)Cc2ccncc2Cl)c(Cl)c1. The lowest BCUT2D eigenvalue weighted by Crippen LogP contribution is -1.99. The molecular formula is C12H10Cl2N2OS. The van der Waals surface area contributed by atoms with Crippen molar-refractivity contribution in [1.82, 2.24) is 4.98 Å². The standard InChI is InChI=1S/C12H10Cl2N2OS/c13-10-5-9(15)1-2-12(10)18(17)7-8-3-4-16-6-11(8)14/h1-6H,7,15H2. The number of aromatic nitrogens is 1. The average molecular weight is 301 g/mol. The van der Waals surface area contributed by atoms with E-state index < -0.39 is 10.8 Å². The number of anilines is 1. The van der Waals surface area contributed by atoms with Gasteiger partial charge in [-0.2, -0.15) is 0 Å². The second-order valence-electron chi connectivity index (χ2n) is 3.65. The quantitative estimate of drug-likeness (QED) is 0.885. The minimum atomic E-state index is -1.26. The van der Waals surface area contributed by atoms with E-state index in [-0.39, 0.29) is 0 Å². The van der Waals surface area contributed by atoms with Crippen molar-refractivity contribution in [3.05, 3.63) is 52.3 Å². The van der Waals surface area contributed by atoms with E-state index in [0.29, 0.717) is 26.4 Å². The minimum Gasteiger partial charge on any atom is -0.399 e. The van der Waals surface area contributed by atoms with Crippen LogP contribution in [0.2, 0.25) is 10.0 Å². The number of nitrogens with zero attached hydrogens (tertiary/aromatic N) is 1. The number of rotatable bonds is 3. The third-order valence-electron chi connectivity index (χ3n) is 2.34. The van der Waals surface area contributed by atoms with E-state index in [9.17, 15) is 4.21 Å². The van der Waals surface area contributed by atoms with Gasteiger partial charge in [-0.3, -0.25) is 9.19 Å². The predicted molar refractivity (Wildman–Crippen MR) is 75.2 cm³/mol. The second-order valence-corrected chi connectivity index (χ2v) is 5.88. The number of nitrogens with two attached hydrogens (primary N) is 1. The van der Waals surface area contributed by atoms with Crippen molar-refractivity contribution in [2.75, 3.05) is 5.73 Å². The first-order valence-corrected chi connectivity index (χ1v) is 7.17. The van der Waals surface area contributed by atoms with Crippen LogP contribution in [0.25, 0.3) is 0 Å². The lowest BCUT2D eigenvalue weighted by molar-refractivity contribution is 0.682. The molecule has 0 radical (unpaired) electrons. The van der Waals surface area contributed by atoms with Crippen LogP contribution in [-0.2, 0) is 16.6 Å². The first-order chi connectivity index (χ1) is 8.58. The Hall–Kier alpha value is -1.10. The highest BCUT2D eigenvalue weighted by Crippen LogP contribution is 2.25. The monoisotopic (exact) mass is 300 g/mol. The van der Waals surface area contributed by atoms with Crippen molar-refractivity contribution in [2.24, 2.45) is 0 Å². The Morgan fingerprint density at radius 1 is 1.22 bits per heavy atom. The highest BCUT2D eigenvalue weighted by atomic mass is 35.5. The average Bonchev–Trinajstić information content (AvgIpc) is 2.32. The van der Waals surface area contributed by atoms with Gasteiger partial charge in [0.05, 0.1) is 31.5 Å². The largest absolute Gasteiger partial charge is 0.399 e. The summed E-state index contributed by atoms with van der Waals surface area (Å²) in [5, 5.41) is 0.899. The summed E-state index contributed by atoms with van der Waals surface area (Å²) < 4.78 is 12.2. The highest BCUT2D eigenvalue weighted by Gasteiger charge is 2.11. The highest BCUT2D eigenvalue weighted by molar-refractivity contribution is 7.84. The molecule has 0 saturated heterocycles. The van der Waals surface area contributed by atoms with Crippen molar-refractivity contribution in [1.29, 1.82) is 0 Å². The van der Waals surface area contributed by atoms with Gasteiger partial charge in [0.1, 0.15) is 0 Å². The molecule has 0 bridgehead atoms. The molecule has 1 unspecified atom stereocenters. The summed E-state index contributed by atoms with van der Waals surface area (Å²) in [6.07, 6.45) is 3.14. The number of hydrogen-bond acceptors (Lipinski definition) is 3. The van der Waals surface area contributed by atoms with E-state index >= 15 is 0 Å². The van der Waals surface area contributed by atoms with E-state index in [1.807, 2.05) is 0 Å². The van der Waals surface area contributed by atoms with Gasteiger partial charge in [0.2, 0.25) is 0 Å². The fraction of sp³-hybridized carbons (Fsp3) is 0.0833. The number of pyridine rings is 1. The molecule has 18 heavy (non-hydrogen) atoms. The molecule has 0 fully saturated rings. The molecule has 0 saturated carbocycles. The maximum Gasteiger partial charge on any atom is 0.0630 e. The van der Waals surface area contributed by atoms with Crippen LogP contribution >= 0.6 is 23.2 Å². The molecule has 0 amide bonds. The molecule has 1 atom stereocenters. The van der Waals surface area contributed by atoms with Gasteiger partial charge < -0.3 is 5.73 Å². The van der Waals surface area contributed by atoms with Gasteiger partial charge in [0, 0.05) is 18.1 Å². The zero-order valence-corrected chi connectivity index (χ0v) is 11.6. The first kappa shape index (κ1) is 13.3. The summed E-state index contributed by atoms with van der Waals surface area (Å²) in [7, 11) is -1.26.